The topological polar surface area (TPSA) is 116 Å². The normalized spacial score (nSPS) is 20.5. The Bertz CT molecular complexity index is 872. The number of carbonyl (C=O) groups is 2. The maximum Gasteiger partial charge on any atom is 0.274 e. The molecule has 9 nitrogen and oxygen atoms in total. The van der Waals surface area contributed by atoms with Crippen molar-refractivity contribution in [3.05, 3.63) is 42.0 Å². The number of rotatable bonds is 4. The first-order valence-corrected chi connectivity index (χ1v) is 10.1. The van der Waals surface area contributed by atoms with Crippen LogP contribution in [0, 0.1) is 5.92 Å². The number of hydrogen-bond donors (Lipinski definition) is 3. The molecule has 4 rings (SSSR count). The molecule has 1 atom stereocenters. The van der Waals surface area contributed by atoms with E-state index in [1.54, 1.807) is 17.4 Å². The van der Waals surface area contributed by atoms with Crippen LogP contribution in [0.25, 0.3) is 0 Å². The van der Waals surface area contributed by atoms with E-state index in [-0.39, 0.29) is 17.9 Å². The van der Waals surface area contributed by atoms with Crippen LogP contribution in [0.4, 0.5) is 0 Å². The fraction of sp³-hybridized carbons (Fsp3) is 0.550. The lowest BCUT2D eigenvalue weighted by molar-refractivity contribution is -0.124. The molecule has 2 aromatic heterocycles. The lowest BCUT2D eigenvalue weighted by Crippen LogP contribution is -2.62. The summed E-state index contributed by atoms with van der Waals surface area (Å²) in [5, 5.41) is 6.60. The van der Waals surface area contributed by atoms with Gasteiger partial charge in [0, 0.05) is 44.1 Å². The second-order valence-electron chi connectivity index (χ2n) is 8.23. The molecule has 1 fully saturated rings. The van der Waals surface area contributed by atoms with E-state index >= 15 is 0 Å². The highest BCUT2D eigenvalue weighted by Crippen LogP contribution is 2.37. The summed E-state index contributed by atoms with van der Waals surface area (Å²) in [5.41, 5.74) is 1.91. The minimum absolute atomic E-state index is 0.0105. The number of piperidine rings is 1. The van der Waals surface area contributed by atoms with Crippen molar-refractivity contribution in [3.63, 3.8) is 0 Å². The van der Waals surface area contributed by atoms with E-state index in [1.165, 1.54) is 12.4 Å². The quantitative estimate of drug-likeness (QED) is 0.696. The van der Waals surface area contributed by atoms with Gasteiger partial charge in [-0.05, 0) is 18.8 Å². The Morgan fingerprint density at radius 2 is 2.07 bits per heavy atom. The minimum atomic E-state index is -0.410. The van der Waals surface area contributed by atoms with Gasteiger partial charge in [-0.25, -0.2) is 9.97 Å². The number of nitrogens with zero attached hydrogens (tertiary/aromatic N) is 4. The summed E-state index contributed by atoms with van der Waals surface area (Å²) in [4.78, 5) is 43.1. The largest absolute Gasteiger partial charge is 0.354 e. The lowest BCUT2D eigenvalue weighted by Gasteiger charge is -2.46. The molecule has 4 heterocycles. The van der Waals surface area contributed by atoms with Crippen LogP contribution in [0.15, 0.2) is 24.9 Å². The number of likely N-dealkylation sites (tertiary alicyclic amines) is 1. The number of hydrogen-bond acceptors (Lipinski definition) is 6. The van der Waals surface area contributed by atoms with Gasteiger partial charge in [-0.2, -0.15) is 0 Å². The summed E-state index contributed by atoms with van der Waals surface area (Å²) >= 11 is 0. The summed E-state index contributed by atoms with van der Waals surface area (Å²) in [6.07, 6.45) is 8.22. The molecule has 3 N–H and O–H groups in total. The molecule has 154 valence electrons. The summed E-state index contributed by atoms with van der Waals surface area (Å²) in [6, 6.07) is -0.316. The van der Waals surface area contributed by atoms with Crippen molar-refractivity contribution in [2.45, 2.75) is 44.7 Å². The maximum atomic E-state index is 12.7. The van der Waals surface area contributed by atoms with E-state index in [9.17, 15) is 9.59 Å². The van der Waals surface area contributed by atoms with Gasteiger partial charge in [0.2, 0.25) is 5.91 Å². The Labute approximate surface area is 169 Å². The number of aromatic amines is 1. The van der Waals surface area contributed by atoms with Crippen molar-refractivity contribution in [2.24, 2.45) is 5.92 Å². The van der Waals surface area contributed by atoms with Crippen molar-refractivity contribution in [3.8, 4) is 0 Å². The van der Waals surface area contributed by atoms with Crippen LogP contribution in [-0.2, 0) is 16.8 Å². The highest BCUT2D eigenvalue weighted by molar-refractivity contribution is 5.92. The molecule has 0 saturated carbocycles. The Balaban J connectivity index is 1.49. The maximum absolute atomic E-state index is 12.7. The van der Waals surface area contributed by atoms with Gasteiger partial charge in [0.25, 0.3) is 5.91 Å². The van der Waals surface area contributed by atoms with Gasteiger partial charge >= 0.3 is 0 Å². The zero-order chi connectivity index (χ0) is 20.4. The van der Waals surface area contributed by atoms with Crippen LogP contribution in [0.2, 0.25) is 0 Å². The van der Waals surface area contributed by atoms with Crippen LogP contribution >= 0.6 is 0 Å². The van der Waals surface area contributed by atoms with Gasteiger partial charge in [-0.1, -0.05) is 13.8 Å². The van der Waals surface area contributed by atoms with Crippen LogP contribution in [0.3, 0.4) is 0 Å². The summed E-state index contributed by atoms with van der Waals surface area (Å²) in [7, 11) is 0. The average molecular weight is 397 g/mol. The third-order valence-corrected chi connectivity index (χ3v) is 5.72. The van der Waals surface area contributed by atoms with Crippen molar-refractivity contribution >= 4 is 11.8 Å². The number of nitrogens with one attached hydrogen (secondary N) is 3. The second kappa shape index (κ2) is 7.90. The molecule has 1 saturated heterocycles. The predicted octanol–water partition coefficient (Wildman–Crippen LogP) is 0.618. The molecule has 0 unspecified atom stereocenters. The predicted molar refractivity (Wildman–Crippen MR) is 106 cm³/mol. The molecule has 29 heavy (non-hydrogen) atoms. The van der Waals surface area contributed by atoms with E-state index in [1.807, 2.05) is 0 Å². The minimum Gasteiger partial charge on any atom is -0.354 e. The molecule has 1 spiro atoms. The molecule has 0 bridgehead atoms. The Kier molecular flexibility index (Phi) is 5.31. The van der Waals surface area contributed by atoms with E-state index < -0.39 is 5.54 Å². The summed E-state index contributed by atoms with van der Waals surface area (Å²) < 4.78 is 0. The van der Waals surface area contributed by atoms with Gasteiger partial charge in [-0.3, -0.25) is 19.9 Å². The molecular weight excluding hydrogens is 370 g/mol. The number of amides is 2. The molecule has 2 aromatic rings. The van der Waals surface area contributed by atoms with Crippen LogP contribution in [-0.4, -0.2) is 62.3 Å². The molecule has 2 aliphatic heterocycles. The van der Waals surface area contributed by atoms with Crippen molar-refractivity contribution in [1.82, 2.24) is 35.5 Å². The number of fused-ring (bicyclic) bond motifs is 2. The first-order valence-electron chi connectivity index (χ1n) is 10.1. The van der Waals surface area contributed by atoms with E-state index in [2.05, 4.69) is 44.4 Å². The number of aromatic nitrogens is 4. The van der Waals surface area contributed by atoms with Crippen LogP contribution in [0.5, 0.6) is 0 Å². The highest BCUT2D eigenvalue weighted by atomic mass is 16.2. The fourth-order valence-corrected chi connectivity index (χ4v) is 4.18. The Hall–Kier alpha value is -2.81. The molecule has 2 aliphatic rings. The van der Waals surface area contributed by atoms with Crippen LogP contribution < -0.4 is 10.6 Å². The lowest BCUT2D eigenvalue weighted by atomic mass is 9.78. The molecule has 0 radical (unpaired) electrons. The van der Waals surface area contributed by atoms with Gasteiger partial charge in [-0.15, -0.1) is 0 Å². The molecule has 9 heteroatoms. The fourth-order valence-electron chi connectivity index (χ4n) is 4.18. The average Bonchev–Trinajstić information content (AvgIpc) is 3.22. The molecular formula is C20H27N7O2. The highest BCUT2D eigenvalue weighted by Gasteiger charge is 2.46. The van der Waals surface area contributed by atoms with Crippen molar-refractivity contribution < 1.29 is 9.59 Å². The first-order chi connectivity index (χ1) is 14.0. The van der Waals surface area contributed by atoms with E-state index in [0.717, 1.165) is 11.4 Å². The first kappa shape index (κ1) is 19.5. The number of H-pyrrole nitrogens is 1. The van der Waals surface area contributed by atoms with Gasteiger partial charge in [0.1, 0.15) is 5.69 Å². The monoisotopic (exact) mass is 397 g/mol. The smallest absolute Gasteiger partial charge is 0.274 e. The Morgan fingerprint density at radius 1 is 1.28 bits per heavy atom. The number of carbonyl (C=O) groups excluding carboxylic acids is 2. The van der Waals surface area contributed by atoms with Gasteiger partial charge in [0.05, 0.1) is 29.8 Å². The van der Waals surface area contributed by atoms with Crippen molar-refractivity contribution in [1.29, 1.82) is 0 Å². The summed E-state index contributed by atoms with van der Waals surface area (Å²) in [5.74, 6) is 0.295. The second-order valence-corrected chi connectivity index (χ2v) is 8.23. The van der Waals surface area contributed by atoms with Crippen molar-refractivity contribution in [2.75, 3.05) is 19.6 Å². The standard InChI is InChI=1S/C20H27N7O2/c1-13(2)10-23-18(28)15-9-14-17(25-12-24-14)20(26-15)3-7-27(8-4-20)19(29)16-11-21-5-6-22-16/h5-6,11-13,15,26H,3-4,7-10H2,1-2H3,(H,23,28)(H,24,25)/t15-/m0/s1. The van der Waals surface area contributed by atoms with E-state index in [4.69, 9.17) is 0 Å². The van der Waals surface area contributed by atoms with Gasteiger partial charge < -0.3 is 15.2 Å². The third kappa shape index (κ3) is 3.87. The van der Waals surface area contributed by atoms with Gasteiger partial charge in [0.15, 0.2) is 0 Å². The summed E-state index contributed by atoms with van der Waals surface area (Å²) in [6.45, 7) is 5.93. The number of imidazole rings is 1. The van der Waals surface area contributed by atoms with Crippen LogP contribution in [0.1, 0.15) is 48.6 Å². The molecule has 0 aromatic carbocycles. The Morgan fingerprint density at radius 3 is 2.76 bits per heavy atom. The molecule has 0 aliphatic carbocycles. The zero-order valence-electron chi connectivity index (χ0n) is 16.8. The zero-order valence-corrected chi connectivity index (χ0v) is 16.8. The third-order valence-electron chi connectivity index (χ3n) is 5.72. The van der Waals surface area contributed by atoms with E-state index in [0.29, 0.717) is 50.5 Å². The SMILES string of the molecule is CC(C)CNC(=O)[C@@H]1Cc2[nH]cnc2C2(CCN(C(=O)c3cnccn3)CC2)N1. The molecule has 2 amide bonds.